The van der Waals surface area contributed by atoms with Gasteiger partial charge in [-0.15, -0.1) is 0 Å². The maximum atomic E-state index is 14.2. The van der Waals surface area contributed by atoms with Gasteiger partial charge in [0.2, 0.25) is 17.7 Å². The van der Waals surface area contributed by atoms with Gasteiger partial charge >= 0.3 is 5.97 Å². The van der Waals surface area contributed by atoms with Crippen molar-refractivity contribution in [1.82, 2.24) is 21.3 Å². The number of carbonyl (C=O) groups excluding carboxylic acids is 4. The normalized spacial score (nSPS) is 13.8. The molecule has 0 heterocycles. The lowest BCUT2D eigenvalue weighted by Gasteiger charge is -2.25. The first-order chi connectivity index (χ1) is 30.5. The van der Waals surface area contributed by atoms with Gasteiger partial charge in [0, 0.05) is 37.6 Å². The third-order valence-electron chi connectivity index (χ3n) is 9.65. The fraction of sp³-hybridized carbons (Fsp3) is 0.271. The van der Waals surface area contributed by atoms with Crippen molar-refractivity contribution in [1.29, 1.82) is 5.41 Å². The van der Waals surface area contributed by atoms with E-state index in [4.69, 9.17) is 10.1 Å². The molecule has 0 saturated carbocycles. The molecule has 1 aliphatic carbocycles. The average Bonchev–Trinajstić information content (AvgIpc) is 3.32. The Kier molecular flexibility index (Phi) is 21.6. The largest absolute Gasteiger partial charge is 0.467 e. The first kappa shape index (κ1) is 50.9. The van der Waals surface area contributed by atoms with E-state index in [1.165, 1.54) is 25.3 Å². The van der Waals surface area contributed by atoms with Crippen molar-refractivity contribution in [3.63, 3.8) is 0 Å². The molecule has 0 aromatic heterocycles. The van der Waals surface area contributed by atoms with E-state index in [2.05, 4.69) is 46.5 Å². The fourth-order valence-electron chi connectivity index (χ4n) is 6.47. The molecule has 332 valence electrons. The van der Waals surface area contributed by atoms with Crippen molar-refractivity contribution in [2.24, 2.45) is 0 Å². The molecule has 4 aromatic rings. The first-order valence-electron chi connectivity index (χ1n) is 20.4. The van der Waals surface area contributed by atoms with Crippen LogP contribution in [-0.4, -0.2) is 78.1 Å². The molecule has 1 aliphatic rings. The minimum absolute atomic E-state index is 0.0455. The Morgan fingerprint density at radius 1 is 0.714 bits per heavy atom. The van der Waals surface area contributed by atoms with Crippen molar-refractivity contribution in [3.8, 4) is 22.3 Å². The van der Waals surface area contributed by atoms with Crippen molar-refractivity contribution >= 4 is 54.7 Å². The summed E-state index contributed by atoms with van der Waals surface area (Å²) in [6.45, 7) is 5.66. The monoisotopic (exact) mass is 892 g/mol. The summed E-state index contributed by atoms with van der Waals surface area (Å²) < 4.78 is 4.84. The highest BCUT2D eigenvalue weighted by atomic mass is 32.1. The maximum absolute atomic E-state index is 14.2. The molecule has 0 radical (unpaired) electrons. The molecule has 4 aromatic carbocycles. The van der Waals surface area contributed by atoms with Gasteiger partial charge in [0.05, 0.1) is 29.0 Å². The lowest BCUT2D eigenvalue weighted by molar-refractivity contribution is -0.420. The SMILES string of the molecule is CC.CC=C1C(=N)C(NCCC(=O)NC(Cc2ccc(-c3ccccc3)cc2)C(=O)NC(Cc2ccc(-c3ccccc3)cc2)C(=O)NC(CS)C(=O)OC)=CC=C1[N+](=O)[O-].CS. The molecule has 3 amide bonds. The first-order valence-corrected chi connectivity index (χ1v) is 21.9. The molecule has 0 bridgehead atoms. The zero-order valence-corrected chi connectivity index (χ0v) is 37.9. The van der Waals surface area contributed by atoms with E-state index >= 15 is 0 Å². The zero-order valence-electron chi connectivity index (χ0n) is 36.1. The third-order valence-corrected chi connectivity index (χ3v) is 10.0. The van der Waals surface area contributed by atoms with Crippen LogP contribution in [0.5, 0.6) is 0 Å². The van der Waals surface area contributed by atoms with Crippen molar-refractivity contribution in [2.45, 2.75) is 58.2 Å². The van der Waals surface area contributed by atoms with Crippen LogP contribution in [0, 0.1) is 15.5 Å². The van der Waals surface area contributed by atoms with Crippen molar-refractivity contribution < 1.29 is 28.8 Å². The average molecular weight is 893 g/mol. The zero-order chi connectivity index (χ0) is 46.3. The lowest BCUT2D eigenvalue weighted by atomic mass is 9.98. The van der Waals surface area contributed by atoms with Crippen LogP contribution in [0.1, 0.15) is 38.3 Å². The van der Waals surface area contributed by atoms with Crippen LogP contribution >= 0.6 is 25.3 Å². The van der Waals surface area contributed by atoms with E-state index in [0.29, 0.717) is 5.70 Å². The predicted molar refractivity (Wildman–Crippen MR) is 256 cm³/mol. The van der Waals surface area contributed by atoms with Gasteiger partial charge in [-0.3, -0.25) is 29.9 Å². The van der Waals surface area contributed by atoms with Gasteiger partial charge in [-0.1, -0.05) is 129 Å². The number of methoxy groups -OCH3 is 1. The lowest BCUT2D eigenvalue weighted by Crippen LogP contribution is -2.57. The summed E-state index contributed by atoms with van der Waals surface area (Å²) in [4.78, 5) is 64.8. The number of thiol groups is 2. The number of hydrogen-bond donors (Lipinski definition) is 7. The quantitative estimate of drug-likeness (QED) is 0.0242. The summed E-state index contributed by atoms with van der Waals surface area (Å²) in [5.41, 5.74) is 5.61. The molecule has 3 atom stereocenters. The topological polar surface area (TPSA) is 193 Å². The summed E-state index contributed by atoms with van der Waals surface area (Å²) in [6.07, 6.45) is 5.92. The van der Waals surface area contributed by atoms with Crippen LogP contribution in [-0.2, 0) is 36.8 Å². The van der Waals surface area contributed by atoms with Gasteiger partial charge in [0.25, 0.3) is 5.70 Å². The molecule has 5 N–H and O–H groups in total. The van der Waals surface area contributed by atoms with Crippen molar-refractivity contribution in [2.75, 3.05) is 25.7 Å². The number of benzene rings is 4. The summed E-state index contributed by atoms with van der Waals surface area (Å²) in [5, 5.41) is 31.2. The Bertz CT molecular complexity index is 2250. The highest BCUT2D eigenvalue weighted by Gasteiger charge is 2.31. The maximum Gasteiger partial charge on any atom is 0.329 e. The molecule has 15 heteroatoms. The molecule has 63 heavy (non-hydrogen) atoms. The highest BCUT2D eigenvalue weighted by Crippen LogP contribution is 2.23. The van der Waals surface area contributed by atoms with Crippen LogP contribution in [0.4, 0.5) is 0 Å². The van der Waals surface area contributed by atoms with Gasteiger partial charge in [-0.05, 0) is 52.6 Å². The Morgan fingerprint density at radius 3 is 1.59 bits per heavy atom. The molecular weight excluding hydrogens is 837 g/mol. The predicted octanol–water partition coefficient (Wildman–Crippen LogP) is 6.94. The summed E-state index contributed by atoms with van der Waals surface area (Å²) >= 11 is 7.74. The number of allylic oxidation sites excluding steroid dienone is 5. The van der Waals surface area contributed by atoms with Gasteiger partial charge in [0.15, 0.2) is 0 Å². The van der Waals surface area contributed by atoms with E-state index < -0.39 is 46.7 Å². The highest BCUT2D eigenvalue weighted by molar-refractivity contribution is 7.80. The van der Waals surface area contributed by atoms with E-state index in [-0.39, 0.29) is 48.5 Å². The summed E-state index contributed by atoms with van der Waals surface area (Å²) in [5.74, 6) is -2.51. The number of nitrogens with zero attached hydrogens (tertiary/aromatic N) is 1. The van der Waals surface area contributed by atoms with Gasteiger partial charge in [0.1, 0.15) is 18.1 Å². The Hall–Kier alpha value is -6.45. The van der Waals surface area contributed by atoms with Crippen LogP contribution < -0.4 is 21.3 Å². The Morgan fingerprint density at radius 2 is 1.16 bits per heavy atom. The molecule has 0 aliphatic heterocycles. The van der Waals surface area contributed by atoms with E-state index in [9.17, 15) is 29.3 Å². The number of rotatable bonds is 18. The Balaban J connectivity index is 0.00000256. The van der Waals surface area contributed by atoms with Crippen LogP contribution in [0.2, 0.25) is 0 Å². The molecule has 3 unspecified atom stereocenters. The standard InChI is InChI=1S/C45H46N6O7S.C2H6.CH4S/c1-3-35-40(51(56)57)23-22-36(42(35)46)47-25-24-41(52)48-37(26-29-14-18-33(19-15-29)31-10-6-4-7-11-31)43(53)49-38(44(54)50-39(28-59)45(55)58-2)27-30-16-20-34(21-17-30)32-12-8-5-9-13-32;2*1-2/h3-23,37-39,46-47,59H,24-28H2,1-2H3,(H,48,52)(H,49,53)(H,50,54);1-2H3;2H,1H3. The number of amides is 3. The number of esters is 1. The molecule has 0 saturated heterocycles. The Labute approximate surface area is 380 Å². The molecule has 0 spiro atoms. The summed E-state index contributed by atoms with van der Waals surface area (Å²) in [7, 11) is 1.20. The van der Waals surface area contributed by atoms with Gasteiger partial charge in [-0.2, -0.15) is 25.3 Å². The molecule has 13 nitrogen and oxygen atoms in total. The van der Waals surface area contributed by atoms with Crippen LogP contribution in [0.15, 0.2) is 144 Å². The van der Waals surface area contributed by atoms with Crippen LogP contribution in [0.25, 0.3) is 22.3 Å². The minimum Gasteiger partial charge on any atom is -0.467 e. The minimum atomic E-state index is -1.17. The second kappa shape index (κ2) is 26.8. The number of nitro groups is 1. The van der Waals surface area contributed by atoms with Crippen LogP contribution in [0.3, 0.4) is 0 Å². The number of carbonyl (C=O) groups is 4. The number of nitrogens with one attached hydrogen (secondary N) is 5. The van der Waals surface area contributed by atoms with Gasteiger partial charge in [-0.25, -0.2) is 4.79 Å². The number of hydrogen-bond acceptors (Lipinski definition) is 11. The van der Waals surface area contributed by atoms with Gasteiger partial charge < -0.3 is 26.0 Å². The second-order valence-corrected chi connectivity index (χ2v) is 14.0. The molecular formula is C48H56N6O7S2. The smallest absolute Gasteiger partial charge is 0.329 e. The second-order valence-electron chi connectivity index (χ2n) is 13.6. The molecule has 5 rings (SSSR count). The summed E-state index contributed by atoms with van der Waals surface area (Å²) in [6, 6.07) is 31.3. The van der Waals surface area contributed by atoms with E-state index in [1.807, 2.05) is 123 Å². The van der Waals surface area contributed by atoms with E-state index in [0.717, 1.165) is 33.4 Å². The third kappa shape index (κ3) is 15.1. The van der Waals surface area contributed by atoms with Crippen molar-refractivity contribution in [3.05, 3.63) is 166 Å². The fourth-order valence-corrected chi connectivity index (χ4v) is 6.71. The van der Waals surface area contributed by atoms with E-state index in [1.54, 1.807) is 13.2 Å². The number of ether oxygens (including phenoxy) is 1. The molecule has 0 fully saturated rings.